The predicted molar refractivity (Wildman–Crippen MR) is 138 cm³/mol. The van der Waals surface area contributed by atoms with E-state index in [0.29, 0.717) is 11.8 Å². The molecule has 0 nitrogen and oxygen atoms in total. The smallest absolute Gasteiger partial charge is 0.0267 e. The Morgan fingerprint density at radius 3 is 2.56 bits per heavy atom. The molecular formula is C32H36. The average molecular weight is 421 g/mol. The number of fused-ring (bicyclic) bond motifs is 2. The minimum atomic E-state index is 0.340. The van der Waals surface area contributed by atoms with Crippen molar-refractivity contribution in [3.8, 4) is 0 Å². The molecule has 5 rings (SSSR count). The monoisotopic (exact) mass is 420 g/mol. The van der Waals surface area contributed by atoms with Gasteiger partial charge in [-0.25, -0.2) is 0 Å². The van der Waals surface area contributed by atoms with Crippen molar-refractivity contribution in [3.05, 3.63) is 119 Å². The molecule has 0 aliphatic heterocycles. The van der Waals surface area contributed by atoms with Gasteiger partial charge in [-0.1, -0.05) is 111 Å². The van der Waals surface area contributed by atoms with Gasteiger partial charge >= 0.3 is 0 Å². The van der Waals surface area contributed by atoms with E-state index in [1.807, 2.05) is 0 Å². The summed E-state index contributed by atoms with van der Waals surface area (Å²) in [4.78, 5) is 0. The van der Waals surface area contributed by atoms with Crippen molar-refractivity contribution in [2.75, 3.05) is 0 Å². The van der Waals surface area contributed by atoms with Crippen LogP contribution in [0.2, 0.25) is 0 Å². The first-order chi connectivity index (χ1) is 15.5. The lowest BCUT2D eigenvalue weighted by Gasteiger charge is -2.27. The summed E-state index contributed by atoms with van der Waals surface area (Å²) in [6.45, 7) is 11.1. The summed E-state index contributed by atoms with van der Waals surface area (Å²) in [6, 6.07) is 0. The van der Waals surface area contributed by atoms with Crippen molar-refractivity contribution in [1.82, 2.24) is 0 Å². The Hall–Kier alpha value is -2.60. The number of allylic oxidation sites excluding steroid dienone is 18. The van der Waals surface area contributed by atoms with Gasteiger partial charge in [0.25, 0.3) is 0 Å². The molecule has 0 heteroatoms. The van der Waals surface area contributed by atoms with Crippen LogP contribution < -0.4 is 0 Å². The van der Waals surface area contributed by atoms with Gasteiger partial charge < -0.3 is 0 Å². The van der Waals surface area contributed by atoms with Crippen LogP contribution in [0.15, 0.2) is 119 Å². The zero-order chi connectivity index (χ0) is 22.1. The van der Waals surface area contributed by atoms with Gasteiger partial charge in [-0.2, -0.15) is 0 Å². The van der Waals surface area contributed by atoms with Crippen LogP contribution in [0.25, 0.3) is 0 Å². The summed E-state index contributed by atoms with van der Waals surface area (Å²) < 4.78 is 0. The second kappa shape index (κ2) is 9.10. The lowest BCUT2D eigenvalue weighted by atomic mass is 9.79. The van der Waals surface area contributed by atoms with E-state index in [1.165, 1.54) is 65.5 Å². The Labute approximate surface area is 194 Å². The molecule has 2 atom stereocenters. The number of hydrogen-bond donors (Lipinski definition) is 0. The second-order valence-electron chi connectivity index (χ2n) is 10.5. The van der Waals surface area contributed by atoms with Crippen LogP contribution in [0.4, 0.5) is 0 Å². The normalized spacial score (nSPS) is 30.7. The van der Waals surface area contributed by atoms with Crippen LogP contribution in [0.5, 0.6) is 0 Å². The molecular weight excluding hydrogens is 384 g/mol. The van der Waals surface area contributed by atoms with E-state index in [-0.39, 0.29) is 0 Å². The summed E-state index contributed by atoms with van der Waals surface area (Å²) in [5.41, 5.74) is 9.43. The van der Waals surface area contributed by atoms with Crippen LogP contribution in [0, 0.1) is 23.7 Å². The minimum absolute atomic E-state index is 0.340. The van der Waals surface area contributed by atoms with Crippen LogP contribution in [0.3, 0.4) is 0 Å². The van der Waals surface area contributed by atoms with Gasteiger partial charge in [-0.3, -0.25) is 0 Å². The third-order valence-corrected chi connectivity index (χ3v) is 7.92. The molecule has 5 aliphatic rings. The number of hydrogen-bond acceptors (Lipinski definition) is 0. The van der Waals surface area contributed by atoms with Crippen LogP contribution in [-0.2, 0) is 0 Å². The standard InChI is InChI=1S/C32H36/c1-22-8-11-25(12-9-22)17-26-14-15-28-18-27(20-31(28)19-26)13-10-23(2)30-16-24(3)32-7-5-4-6-29(32)21-30/h4-7,14-16,18-22,25,31-32H,2-3,8-13,17H2,1H3. The zero-order valence-corrected chi connectivity index (χ0v) is 19.5. The topological polar surface area (TPSA) is 0 Å². The molecule has 5 aliphatic carbocycles. The Balaban J connectivity index is 1.18. The molecule has 0 radical (unpaired) electrons. The Kier molecular flexibility index (Phi) is 6.05. The van der Waals surface area contributed by atoms with Crippen LogP contribution >= 0.6 is 0 Å². The van der Waals surface area contributed by atoms with Gasteiger partial charge in [0.1, 0.15) is 0 Å². The molecule has 32 heavy (non-hydrogen) atoms. The Bertz CT molecular complexity index is 1050. The first-order valence-electron chi connectivity index (χ1n) is 12.5. The summed E-state index contributed by atoms with van der Waals surface area (Å²) in [7, 11) is 0. The van der Waals surface area contributed by atoms with Crippen molar-refractivity contribution in [3.63, 3.8) is 0 Å². The maximum absolute atomic E-state index is 4.41. The fraction of sp³-hybridized carbons (Fsp3) is 0.375. The van der Waals surface area contributed by atoms with Crippen LogP contribution in [0.1, 0.15) is 51.9 Å². The lowest BCUT2D eigenvalue weighted by molar-refractivity contribution is 0.289. The summed E-state index contributed by atoms with van der Waals surface area (Å²) >= 11 is 0. The molecule has 0 saturated heterocycles. The molecule has 0 aromatic rings. The third kappa shape index (κ3) is 4.60. The Morgan fingerprint density at radius 2 is 1.72 bits per heavy atom. The molecule has 0 aromatic heterocycles. The predicted octanol–water partition coefficient (Wildman–Crippen LogP) is 8.68. The molecule has 0 spiro atoms. The van der Waals surface area contributed by atoms with Crippen LogP contribution in [-0.4, -0.2) is 0 Å². The third-order valence-electron chi connectivity index (χ3n) is 7.92. The summed E-state index contributed by atoms with van der Waals surface area (Å²) in [5, 5.41) is 0. The van der Waals surface area contributed by atoms with Crippen molar-refractivity contribution < 1.29 is 0 Å². The van der Waals surface area contributed by atoms with Crippen molar-refractivity contribution in [2.45, 2.75) is 51.9 Å². The molecule has 0 bridgehead atoms. The van der Waals surface area contributed by atoms with E-state index in [2.05, 4.69) is 86.9 Å². The molecule has 164 valence electrons. The molecule has 2 unspecified atom stereocenters. The first-order valence-corrected chi connectivity index (χ1v) is 12.5. The zero-order valence-electron chi connectivity index (χ0n) is 19.5. The van der Waals surface area contributed by atoms with Crippen molar-refractivity contribution in [1.29, 1.82) is 0 Å². The molecule has 1 fully saturated rings. The van der Waals surface area contributed by atoms with Gasteiger partial charge in [0.05, 0.1) is 0 Å². The molecule has 0 heterocycles. The Morgan fingerprint density at radius 1 is 0.906 bits per heavy atom. The van der Waals surface area contributed by atoms with Crippen molar-refractivity contribution >= 4 is 0 Å². The van der Waals surface area contributed by atoms with E-state index >= 15 is 0 Å². The van der Waals surface area contributed by atoms with Gasteiger partial charge in [0, 0.05) is 11.8 Å². The van der Waals surface area contributed by atoms with Gasteiger partial charge in [0.15, 0.2) is 0 Å². The van der Waals surface area contributed by atoms with E-state index in [0.717, 1.165) is 24.7 Å². The highest BCUT2D eigenvalue weighted by Crippen LogP contribution is 2.39. The first kappa shape index (κ1) is 21.3. The highest BCUT2D eigenvalue weighted by molar-refractivity contribution is 5.56. The van der Waals surface area contributed by atoms with E-state index in [9.17, 15) is 0 Å². The van der Waals surface area contributed by atoms with Gasteiger partial charge in [-0.05, 0) is 71.8 Å². The minimum Gasteiger partial charge on any atom is -0.0952 e. The number of rotatable bonds is 6. The molecule has 0 aromatic carbocycles. The molecule has 1 saturated carbocycles. The average Bonchev–Trinajstić information content (AvgIpc) is 3.21. The quantitative estimate of drug-likeness (QED) is 0.403. The fourth-order valence-electron chi connectivity index (χ4n) is 5.82. The molecule has 0 amide bonds. The van der Waals surface area contributed by atoms with Gasteiger partial charge in [0.2, 0.25) is 0 Å². The maximum Gasteiger partial charge on any atom is 0.0267 e. The maximum atomic E-state index is 4.41. The molecule has 0 N–H and O–H groups in total. The second-order valence-corrected chi connectivity index (χ2v) is 10.5. The van der Waals surface area contributed by atoms with E-state index < -0.39 is 0 Å². The largest absolute Gasteiger partial charge is 0.0952 e. The van der Waals surface area contributed by atoms with E-state index in [4.69, 9.17) is 0 Å². The SMILES string of the molecule is C=C(CCC1=CC2C=C(CC3CCC(C)CC3)C=CC2=C1)C1=CC(=C)C2C=CC=CC2=C1. The van der Waals surface area contributed by atoms with Gasteiger partial charge in [-0.15, -0.1) is 0 Å². The summed E-state index contributed by atoms with van der Waals surface area (Å²) in [6.07, 6.45) is 34.3. The lowest BCUT2D eigenvalue weighted by Crippen LogP contribution is -2.13. The fourth-order valence-corrected chi connectivity index (χ4v) is 5.82. The highest BCUT2D eigenvalue weighted by atomic mass is 14.3. The highest BCUT2D eigenvalue weighted by Gasteiger charge is 2.23. The summed E-state index contributed by atoms with van der Waals surface area (Å²) in [5.74, 6) is 2.65. The van der Waals surface area contributed by atoms with E-state index in [1.54, 1.807) is 5.57 Å². The van der Waals surface area contributed by atoms with Crippen molar-refractivity contribution in [2.24, 2.45) is 23.7 Å².